The maximum absolute atomic E-state index is 14.4. The fourth-order valence-electron chi connectivity index (χ4n) is 7.43. The molecular weight excluding hydrogens is 1020 g/mol. The van der Waals surface area contributed by atoms with Crippen LogP contribution in [0.1, 0.15) is 138 Å². The van der Waals surface area contributed by atoms with E-state index >= 15 is 0 Å². The molecule has 2 unspecified atom stereocenters. The molecule has 0 radical (unpaired) electrons. The van der Waals surface area contributed by atoms with Crippen LogP contribution in [0.2, 0.25) is 0 Å². The van der Waals surface area contributed by atoms with E-state index in [9.17, 15) is 43.2 Å². The van der Waals surface area contributed by atoms with Crippen molar-refractivity contribution in [3.8, 4) is 0 Å². The van der Waals surface area contributed by atoms with Crippen molar-refractivity contribution < 1.29 is 71.6 Å². The Morgan fingerprint density at radius 1 is 0.269 bits per heavy atom. The summed E-state index contributed by atoms with van der Waals surface area (Å²) in [6.07, 6.45) is -4.05. The molecule has 10 amide bonds. The Kier molecular flexibility index (Phi) is 24.5. The van der Waals surface area contributed by atoms with E-state index in [1.807, 2.05) is 0 Å². The number of ether oxygens (including phenoxy) is 6. The van der Waals surface area contributed by atoms with Crippen LogP contribution in [-0.4, -0.2) is 244 Å². The van der Waals surface area contributed by atoms with E-state index in [1.165, 1.54) is 53.0 Å². The number of hydrogen-bond donors (Lipinski definition) is 2. The van der Waals surface area contributed by atoms with Crippen LogP contribution >= 0.6 is 0 Å². The number of nitrogens with one attached hydrogen (secondary N) is 2. The second-order valence-electron chi connectivity index (χ2n) is 25.5. The zero-order valence-corrected chi connectivity index (χ0v) is 50.7. The molecule has 0 aromatic rings. The first kappa shape index (κ1) is 67.9. The Labute approximate surface area is 463 Å². The second-order valence-corrected chi connectivity index (χ2v) is 25.5. The van der Waals surface area contributed by atoms with Crippen LogP contribution in [0.4, 0.5) is 33.6 Å². The minimum atomic E-state index is -1.21. The summed E-state index contributed by atoms with van der Waals surface area (Å²) in [6.45, 7) is 33.2. The van der Waals surface area contributed by atoms with Crippen LogP contribution in [0.15, 0.2) is 0 Å². The van der Waals surface area contributed by atoms with E-state index in [2.05, 4.69) is 10.6 Å². The molecular formula is C53H96N10O15. The highest BCUT2D eigenvalue weighted by Gasteiger charge is 2.35. The van der Waals surface area contributed by atoms with Crippen molar-refractivity contribution in [1.29, 1.82) is 0 Å². The summed E-state index contributed by atoms with van der Waals surface area (Å²) in [6, 6.07) is -3.29. The van der Waals surface area contributed by atoms with Gasteiger partial charge in [0.25, 0.3) is 0 Å². The fourth-order valence-corrected chi connectivity index (χ4v) is 7.43. The Balaban J connectivity index is 2.46. The zero-order valence-electron chi connectivity index (χ0n) is 50.7. The van der Waals surface area contributed by atoms with Crippen molar-refractivity contribution in [2.24, 2.45) is 0 Å². The molecule has 0 bridgehead atoms. The van der Waals surface area contributed by atoms with Crippen molar-refractivity contribution in [2.75, 3.05) is 105 Å². The standard InChI is InChI=1S/C53H96N10O15/c1-37(39(64)56-21-25-58(42(67)73-48(3,4)5)29-33-62(46(71)77-52(15,16)17)34-30-59(26-22-56)43(68)74-49(6,7)8)54-41(66)55-38(2)40(65)57-23-27-60(44(69)75-50(9,10)11)31-35-63(47(72)78-53(18,19)20)36-32-61(28-24-57)45(70)76-51(12,13)14/h37-38H,21-36H2,1-20H3,(H2,54,55,66). The van der Waals surface area contributed by atoms with E-state index in [1.54, 1.807) is 125 Å². The van der Waals surface area contributed by atoms with Gasteiger partial charge in [-0.2, -0.15) is 0 Å². The molecule has 448 valence electrons. The van der Waals surface area contributed by atoms with Crippen molar-refractivity contribution in [2.45, 2.75) is 184 Å². The molecule has 2 fully saturated rings. The highest BCUT2D eigenvalue weighted by atomic mass is 16.6. The van der Waals surface area contributed by atoms with Gasteiger partial charge in [-0.1, -0.05) is 0 Å². The van der Waals surface area contributed by atoms with Gasteiger partial charge in [-0.15, -0.1) is 0 Å². The minimum Gasteiger partial charge on any atom is -0.444 e. The molecule has 25 nitrogen and oxygen atoms in total. The van der Waals surface area contributed by atoms with E-state index in [0.717, 1.165) is 0 Å². The summed E-state index contributed by atoms with van der Waals surface area (Å²) in [4.78, 5) is 135. The third kappa shape index (κ3) is 26.5. The van der Waals surface area contributed by atoms with E-state index in [4.69, 9.17) is 28.4 Å². The number of amides is 10. The molecule has 2 atom stereocenters. The topological polar surface area (TPSA) is 259 Å². The molecule has 2 aliphatic heterocycles. The molecule has 0 aromatic heterocycles. The highest BCUT2D eigenvalue weighted by molar-refractivity contribution is 5.90. The molecule has 25 heteroatoms. The van der Waals surface area contributed by atoms with Crippen molar-refractivity contribution in [3.63, 3.8) is 0 Å². The molecule has 2 aliphatic rings. The third-order valence-electron chi connectivity index (χ3n) is 11.1. The zero-order chi connectivity index (χ0) is 59.9. The summed E-state index contributed by atoms with van der Waals surface area (Å²) < 4.78 is 34.2. The highest BCUT2D eigenvalue weighted by Crippen LogP contribution is 2.18. The fraction of sp³-hybridized carbons (Fsp3) is 0.830. The van der Waals surface area contributed by atoms with Gasteiger partial charge in [-0.05, 0) is 138 Å². The average molecular weight is 1110 g/mol. The summed E-state index contributed by atoms with van der Waals surface area (Å²) in [5.41, 5.74) is -5.19. The lowest BCUT2D eigenvalue weighted by Gasteiger charge is -2.36. The normalized spacial score (nSPS) is 17.6. The van der Waals surface area contributed by atoms with Gasteiger partial charge < -0.3 is 78.3 Å². The maximum atomic E-state index is 14.4. The number of hydrogen-bond acceptors (Lipinski definition) is 15. The van der Waals surface area contributed by atoms with Gasteiger partial charge in [0.15, 0.2) is 0 Å². The van der Waals surface area contributed by atoms with E-state index < -0.39 is 100 Å². The van der Waals surface area contributed by atoms with Crippen molar-refractivity contribution >= 4 is 54.4 Å². The van der Waals surface area contributed by atoms with Gasteiger partial charge in [-0.3, -0.25) is 9.59 Å². The lowest BCUT2D eigenvalue weighted by Crippen LogP contribution is -2.57. The summed E-state index contributed by atoms with van der Waals surface area (Å²) >= 11 is 0. The van der Waals surface area contributed by atoms with E-state index in [0.29, 0.717) is 0 Å². The predicted molar refractivity (Wildman–Crippen MR) is 291 cm³/mol. The largest absolute Gasteiger partial charge is 0.444 e. The lowest BCUT2D eigenvalue weighted by molar-refractivity contribution is -0.133. The van der Waals surface area contributed by atoms with Crippen LogP contribution in [0.5, 0.6) is 0 Å². The quantitative estimate of drug-likeness (QED) is 0.298. The molecule has 2 N–H and O–H groups in total. The first-order valence-corrected chi connectivity index (χ1v) is 26.9. The van der Waals surface area contributed by atoms with Crippen LogP contribution in [0, 0.1) is 0 Å². The second kappa shape index (κ2) is 28.1. The van der Waals surface area contributed by atoms with Crippen LogP contribution in [0.3, 0.4) is 0 Å². The number of rotatable bonds is 4. The van der Waals surface area contributed by atoms with Crippen LogP contribution in [-0.2, 0) is 38.0 Å². The van der Waals surface area contributed by atoms with Crippen molar-refractivity contribution in [1.82, 2.24) is 49.8 Å². The molecule has 0 aromatic carbocycles. The van der Waals surface area contributed by atoms with Crippen molar-refractivity contribution in [3.05, 3.63) is 0 Å². The summed E-state index contributed by atoms with van der Waals surface area (Å²) in [5.74, 6) is -1.16. The van der Waals surface area contributed by atoms with Gasteiger partial charge in [0, 0.05) is 105 Å². The van der Waals surface area contributed by atoms with Gasteiger partial charge >= 0.3 is 42.6 Å². The van der Waals surface area contributed by atoms with Crippen LogP contribution < -0.4 is 10.6 Å². The predicted octanol–water partition coefficient (Wildman–Crippen LogP) is 6.17. The Morgan fingerprint density at radius 2 is 0.397 bits per heavy atom. The van der Waals surface area contributed by atoms with Gasteiger partial charge in [0.2, 0.25) is 11.8 Å². The minimum absolute atomic E-state index is 0.00465. The van der Waals surface area contributed by atoms with E-state index in [-0.39, 0.29) is 105 Å². The van der Waals surface area contributed by atoms with Gasteiger partial charge in [0.1, 0.15) is 45.7 Å². The Bertz CT molecular complexity index is 1840. The maximum Gasteiger partial charge on any atom is 0.410 e. The molecule has 0 spiro atoms. The molecule has 0 saturated carbocycles. The monoisotopic (exact) mass is 1110 g/mol. The number of carbonyl (C=O) groups excluding carboxylic acids is 9. The molecule has 2 heterocycles. The van der Waals surface area contributed by atoms with Gasteiger partial charge in [-0.25, -0.2) is 33.6 Å². The van der Waals surface area contributed by atoms with Crippen LogP contribution in [0.25, 0.3) is 0 Å². The summed E-state index contributed by atoms with van der Waals surface area (Å²) in [5, 5.41) is 5.26. The average Bonchev–Trinajstić information content (AvgIpc) is 3.22. The lowest BCUT2D eigenvalue weighted by atomic mass is 10.2. The van der Waals surface area contributed by atoms with Gasteiger partial charge in [0.05, 0.1) is 0 Å². The number of carbonyl (C=O) groups is 9. The molecule has 2 saturated heterocycles. The first-order valence-electron chi connectivity index (χ1n) is 26.9. The smallest absolute Gasteiger partial charge is 0.410 e. The summed E-state index contributed by atoms with van der Waals surface area (Å²) in [7, 11) is 0. The SMILES string of the molecule is CC(NC(=O)NC(C)C(=O)N1CCN(C(=O)OC(C)(C)C)CCN(C(=O)OC(C)(C)C)CCN(C(=O)OC(C)(C)C)CC1)C(=O)N1CCN(C(=O)OC(C)(C)C)CCN(C(=O)OC(C)(C)C)CCN(C(=O)OC(C)(C)C)CC1. The third-order valence-corrected chi connectivity index (χ3v) is 11.1. The number of urea groups is 1. The Hall–Kier alpha value is -6.17. The first-order chi connectivity index (χ1) is 35.4. The molecule has 78 heavy (non-hydrogen) atoms. The number of nitrogens with zero attached hydrogens (tertiary/aromatic N) is 8. The Morgan fingerprint density at radius 3 is 0.526 bits per heavy atom. The molecule has 2 rings (SSSR count). The molecule has 0 aliphatic carbocycles.